The van der Waals surface area contributed by atoms with E-state index < -0.39 is 0 Å². The van der Waals surface area contributed by atoms with Gasteiger partial charge in [-0.1, -0.05) is 6.07 Å². The number of hydrogen-bond donors (Lipinski definition) is 0. The van der Waals surface area contributed by atoms with Gasteiger partial charge in [-0.3, -0.25) is 9.78 Å². The van der Waals surface area contributed by atoms with E-state index in [1.165, 1.54) is 12.8 Å². The molecule has 1 aliphatic heterocycles. The summed E-state index contributed by atoms with van der Waals surface area (Å²) in [5.41, 5.74) is 1.95. The van der Waals surface area contributed by atoms with E-state index in [4.69, 9.17) is 4.74 Å². The van der Waals surface area contributed by atoms with Gasteiger partial charge in [0, 0.05) is 30.9 Å². The minimum atomic E-state index is 0.0975. The van der Waals surface area contributed by atoms with Crippen LogP contribution in [0.5, 0.6) is 0 Å². The summed E-state index contributed by atoms with van der Waals surface area (Å²) in [6, 6.07) is 6.04. The van der Waals surface area contributed by atoms with E-state index in [0.717, 1.165) is 43.0 Å². The predicted octanol–water partition coefficient (Wildman–Crippen LogP) is 3.40. The van der Waals surface area contributed by atoms with Gasteiger partial charge in [0.25, 0.3) is 5.91 Å². The molecular formula is C19H22N2O2S. The first kappa shape index (κ1) is 15.8. The van der Waals surface area contributed by atoms with Gasteiger partial charge < -0.3 is 9.64 Å². The number of ether oxygens (including phenoxy) is 1. The average Bonchev–Trinajstić information content (AvgIpc) is 3.12. The van der Waals surface area contributed by atoms with E-state index in [2.05, 4.69) is 11.1 Å². The molecule has 24 heavy (non-hydrogen) atoms. The van der Waals surface area contributed by atoms with Crippen LogP contribution < -0.4 is 0 Å². The van der Waals surface area contributed by atoms with E-state index in [0.29, 0.717) is 0 Å². The number of rotatable bonds is 6. The molecule has 3 heterocycles. The van der Waals surface area contributed by atoms with Crippen molar-refractivity contribution in [3.63, 3.8) is 0 Å². The molecule has 5 heteroatoms. The van der Waals surface area contributed by atoms with Gasteiger partial charge in [-0.05, 0) is 54.7 Å². The summed E-state index contributed by atoms with van der Waals surface area (Å²) < 4.78 is 6.20. The van der Waals surface area contributed by atoms with Gasteiger partial charge >= 0.3 is 0 Å². The van der Waals surface area contributed by atoms with Crippen LogP contribution >= 0.6 is 11.3 Å². The number of carbonyl (C=O) groups is 1. The highest BCUT2D eigenvalue weighted by Crippen LogP contribution is 2.32. The molecule has 2 aromatic rings. The Balaban J connectivity index is 1.51. The van der Waals surface area contributed by atoms with Crippen LogP contribution in [0.25, 0.3) is 0 Å². The number of thiophene rings is 1. The van der Waals surface area contributed by atoms with Gasteiger partial charge in [-0.15, -0.1) is 0 Å². The van der Waals surface area contributed by atoms with Crippen molar-refractivity contribution in [3.8, 4) is 0 Å². The molecule has 0 aromatic carbocycles. The molecule has 1 amide bonds. The maximum atomic E-state index is 12.9. The Labute approximate surface area is 146 Å². The minimum Gasteiger partial charge on any atom is -0.376 e. The quantitative estimate of drug-likeness (QED) is 0.808. The summed E-state index contributed by atoms with van der Waals surface area (Å²) in [5, 5.41) is 3.89. The molecule has 1 saturated heterocycles. The monoisotopic (exact) mass is 342 g/mol. The lowest BCUT2D eigenvalue weighted by Crippen LogP contribution is -2.42. The Morgan fingerprint density at radius 3 is 2.96 bits per heavy atom. The first-order chi connectivity index (χ1) is 11.8. The maximum absolute atomic E-state index is 12.9. The van der Waals surface area contributed by atoms with E-state index in [1.807, 2.05) is 34.0 Å². The summed E-state index contributed by atoms with van der Waals surface area (Å²) in [4.78, 5) is 19.1. The molecule has 1 saturated carbocycles. The molecule has 2 aromatic heterocycles. The van der Waals surface area contributed by atoms with Crippen molar-refractivity contribution in [1.82, 2.24) is 9.88 Å². The van der Waals surface area contributed by atoms with Gasteiger partial charge in [0.05, 0.1) is 17.7 Å². The lowest BCUT2D eigenvalue weighted by molar-refractivity contribution is 0.0200. The molecule has 2 atom stereocenters. The third kappa shape index (κ3) is 3.52. The van der Waals surface area contributed by atoms with Crippen LogP contribution in [0.15, 0.2) is 41.4 Å². The zero-order valence-corrected chi connectivity index (χ0v) is 14.5. The van der Waals surface area contributed by atoms with Gasteiger partial charge in [0.15, 0.2) is 0 Å². The van der Waals surface area contributed by atoms with Crippen LogP contribution in [0.1, 0.15) is 35.2 Å². The molecule has 0 bridgehead atoms. The van der Waals surface area contributed by atoms with Crippen molar-refractivity contribution < 1.29 is 9.53 Å². The van der Waals surface area contributed by atoms with Gasteiger partial charge in [0.1, 0.15) is 0 Å². The number of amides is 1. The van der Waals surface area contributed by atoms with Crippen LogP contribution in [0, 0.1) is 5.92 Å². The average molecular weight is 342 g/mol. The van der Waals surface area contributed by atoms with Gasteiger partial charge in [-0.25, -0.2) is 0 Å². The molecule has 0 spiro atoms. The predicted molar refractivity (Wildman–Crippen MR) is 94.2 cm³/mol. The minimum absolute atomic E-state index is 0.0975. The highest BCUT2D eigenvalue weighted by molar-refractivity contribution is 7.08. The fourth-order valence-electron chi connectivity index (χ4n) is 3.37. The van der Waals surface area contributed by atoms with Crippen LogP contribution in [0.3, 0.4) is 0 Å². The standard InChI is InChI=1S/C19H22N2O2S/c22-19(16-6-9-24-13-16)21-8-5-18(23-12-14-3-4-14)17(21)10-15-2-1-7-20-11-15/h1-2,6-7,9,11,13-14,17-18H,3-5,8,10,12H2/t17-,18-/m1/s1. The van der Waals surface area contributed by atoms with E-state index in [9.17, 15) is 4.79 Å². The Hall–Kier alpha value is -1.72. The van der Waals surface area contributed by atoms with Crippen molar-refractivity contribution in [3.05, 3.63) is 52.5 Å². The van der Waals surface area contributed by atoms with E-state index >= 15 is 0 Å². The largest absolute Gasteiger partial charge is 0.376 e. The number of hydrogen-bond acceptors (Lipinski definition) is 4. The second kappa shape index (κ2) is 7.03. The molecule has 0 unspecified atom stereocenters. The third-order valence-corrected chi connectivity index (χ3v) is 5.61. The van der Waals surface area contributed by atoms with Crippen molar-refractivity contribution in [1.29, 1.82) is 0 Å². The summed E-state index contributed by atoms with van der Waals surface area (Å²) in [6.45, 7) is 1.61. The molecular weight excluding hydrogens is 320 g/mol. The Kier molecular flexibility index (Phi) is 4.63. The molecule has 2 aliphatic rings. The SMILES string of the molecule is O=C(c1ccsc1)N1CC[C@@H](OCC2CC2)[C@H]1Cc1cccnc1. The lowest BCUT2D eigenvalue weighted by Gasteiger charge is -2.28. The molecule has 1 aliphatic carbocycles. The highest BCUT2D eigenvalue weighted by atomic mass is 32.1. The highest BCUT2D eigenvalue weighted by Gasteiger charge is 2.39. The molecule has 0 N–H and O–H groups in total. The van der Waals surface area contributed by atoms with Crippen LogP contribution in [0.2, 0.25) is 0 Å². The van der Waals surface area contributed by atoms with Crippen molar-refractivity contribution in [2.75, 3.05) is 13.2 Å². The molecule has 4 nitrogen and oxygen atoms in total. The molecule has 0 radical (unpaired) electrons. The summed E-state index contributed by atoms with van der Waals surface area (Å²) in [6.07, 6.45) is 8.12. The molecule has 2 fully saturated rings. The van der Waals surface area contributed by atoms with Crippen molar-refractivity contribution in [2.24, 2.45) is 5.92 Å². The summed E-state index contributed by atoms with van der Waals surface area (Å²) in [7, 11) is 0. The summed E-state index contributed by atoms with van der Waals surface area (Å²) in [5.74, 6) is 0.869. The second-order valence-electron chi connectivity index (χ2n) is 6.75. The number of aromatic nitrogens is 1. The Bertz CT molecular complexity index is 670. The normalized spacial score (nSPS) is 23.6. The van der Waals surface area contributed by atoms with Gasteiger partial charge in [0.2, 0.25) is 0 Å². The zero-order valence-electron chi connectivity index (χ0n) is 13.6. The third-order valence-electron chi connectivity index (χ3n) is 4.92. The first-order valence-electron chi connectivity index (χ1n) is 8.65. The van der Waals surface area contributed by atoms with Crippen LogP contribution in [-0.2, 0) is 11.2 Å². The number of pyridine rings is 1. The Morgan fingerprint density at radius 1 is 1.33 bits per heavy atom. The number of likely N-dealkylation sites (tertiary alicyclic amines) is 1. The molecule has 4 rings (SSSR count). The Morgan fingerprint density at radius 2 is 2.25 bits per heavy atom. The van der Waals surface area contributed by atoms with Gasteiger partial charge in [-0.2, -0.15) is 11.3 Å². The van der Waals surface area contributed by atoms with Crippen molar-refractivity contribution >= 4 is 17.2 Å². The van der Waals surface area contributed by atoms with E-state index in [-0.39, 0.29) is 18.1 Å². The van der Waals surface area contributed by atoms with Crippen LogP contribution in [0.4, 0.5) is 0 Å². The second-order valence-corrected chi connectivity index (χ2v) is 7.53. The number of carbonyl (C=O) groups excluding carboxylic acids is 1. The fraction of sp³-hybridized carbons (Fsp3) is 0.474. The lowest BCUT2D eigenvalue weighted by atomic mass is 10.0. The fourth-order valence-corrected chi connectivity index (χ4v) is 4.00. The summed E-state index contributed by atoms with van der Waals surface area (Å²) >= 11 is 1.57. The maximum Gasteiger partial charge on any atom is 0.255 e. The van der Waals surface area contributed by atoms with Crippen LogP contribution in [-0.4, -0.2) is 41.1 Å². The smallest absolute Gasteiger partial charge is 0.255 e. The van der Waals surface area contributed by atoms with E-state index in [1.54, 1.807) is 17.5 Å². The topological polar surface area (TPSA) is 42.4 Å². The zero-order chi connectivity index (χ0) is 16.4. The molecule has 126 valence electrons. The first-order valence-corrected chi connectivity index (χ1v) is 9.59. The van der Waals surface area contributed by atoms with Crippen molar-refractivity contribution in [2.45, 2.75) is 37.8 Å². The number of nitrogens with zero attached hydrogens (tertiary/aromatic N) is 2.